The molecule has 1 aromatic heterocycles. The minimum Gasteiger partial charge on any atom is -0.497 e. The molecule has 9 heteroatoms. The summed E-state index contributed by atoms with van der Waals surface area (Å²) in [4.78, 5) is 4.01. The molecule has 114 valence electrons. The smallest absolute Gasteiger partial charge is 0.241 e. The summed E-state index contributed by atoms with van der Waals surface area (Å²) in [5, 5.41) is 3.70. The zero-order chi connectivity index (χ0) is 15.3. The highest BCUT2D eigenvalue weighted by atomic mass is 32.2. The van der Waals surface area contributed by atoms with E-state index in [1.165, 1.54) is 0 Å². The molecule has 0 unspecified atom stereocenters. The Kier molecular flexibility index (Phi) is 4.76. The molecule has 0 aliphatic heterocycles. The fraction of sp³-hybridized carbons (Fsp3) is 0.333. The molecule has 0 fully saturated rings. The molecule has 0 radical (unpaired) electrons. The molecule has 0 atom stereocenters. The molecule has 1 N–H and O–H groups in total. The highest BCUT2D eigenvalue weighted by Crippen LogP contribution is 2.17. The second-order valence-electron chi connectivity index (χ2n) is 4.16. The number of aromatic nitrogens is 2. The van der Waals surface area contributed by atoms with Gasteiger partial charge in [0.25, 0.3) is 0 Å². The van der Waals surface area contributed by atoms with Gasteiger partial charge < -0.3 is 14.0 Å². The average molecular weight is 313 g/mol. The van der Waals surface area contributed by atoms with Crippen molar-refractivity contribution in [2.24, 2.45) is 0 Å². The molecule has 21 heavy (non-hydrogen) atoms. The van der Waals surface area contributed by atoms with E-state index in [1.807, 2.05) is 0 Å². The lowest BCUT2D eigenvalue weighted by Crippen LogP contribution is -2.21. The molecule has 1 aromatic carbocycles. The minimum absolute atomic E-state index is 0.0473. The van der Waals surface area contributed by atoms with Gasteiger partial charge in [-0.05, 0) is 24.3 Å². The van der Waals surface area contributed by atoms with E-state index in [9.17, 15) is 8.42 Å². The third-order valence-corrected chi connectivity index (χ3v) is 3.09. The number of hydrogen-bond acceptors (Lipinski definition) is 7. The van der Waals surface area contributed by atoms with E-state index < -0.39 is 10.0 Å². The quantitative estimate of drug-likeness (QED) is 0.802. The second-order valence-corrected chi connectivity index (χ2v) is 5.99. The van der Waals surface area contributed by atoms with E-state index in [1.54, 1.807) is 31.4 Å². The van der Waals surface area contributed by atoms with Crippen molar-refractivity contribution < 1.29 is 22.4 Å². The van der Waals surface area contributed by atoms with E-state index in [-0.39, 0.29) is 19.0 Å². The molecule has 0 saturated carbocycles. The summed E-state index contributed by atoms with van der Waals surface area (Å²) in [5.41, 5.74) is 0. The van der Waals surface area contributed by atoms with Crippen molar-refractivity contribution >= 4 is 10.0 Å². The normalized spacial score (nSPS) is 11.3. The number of sulfonamides is 1. The lowest BCUT2D eigenvalue weighted by atomic mass is 10.3. The van der Waals surface area contributed by atoms with Crippen LogP contribution in [0.25, 0.3) is 0 Å². The molecule has 2 aromatic rings. The Morgan fingerprint density at radius 2 is 1.90 bits per heavy atom. The van der Waals surface area contributed by atoms with Crippen LogP contribution in [0, 0.1) is 0 Å². The van der Waals surface area contributed by atoms with Gasteiger partial charge in [0.05, 0.1) is 19.9 Å². The van der Waals surface area contributed by atoms with Crippen LogP contribution in [0.2, 0.25) is 0 Å². The standard InChI is InChI=1S/C12H15N3O5S/c1-18-9-3-5-10(6-4-9)19-8-11-14-12(20-15-11)7-13-21(2,16)17/h3-6,13H,7-8H2,1-2H3. The zero-order valence-electron chi connectivity index (χ0n) is 11.6. The van der Waals surface area contributed by atoms with Crippen molar-refractivity contribution in [1.29, 1.82) is 0 Å². The van der Waals surface area contributed by atoms with Gasteiger partial charge in [-0.3, -0.25) is 0 Å². The molecule has 0 spiro atoms. The number of nitrogens with zero attached hydrogens (tertiary/aromatic N) is 2. The van der Waals surface area contributed by atoms with Crippen LogP contribution in [0.1, 0.15) is 11.7 Å². The summed E-state index contributed by atoms with van der Waals surface area (Å²) in [7, 11) is -1.71. The van der Waals surface area contributed by atoms with E-state index in [0.29, 0.717) is 11.6 Å². The van der Waals surface area contributed by atoms with Crippen LogP contribution in [-0.2, 0) is 23.2 Å². The van der Waals surface area contributed by atoms with Crippen LogP contribution < -0.4 is 14.2 Å². The maximum Gasteiger partial charge on any atom is 0.241 e. The van der Waals surface area contributed by atoms with Crippen molar-refractivity contribution in [3.05, 3.63) is 36.0 Å². The number of ether oxygens (including phenoxy) is 2. The Hall–Kier alpha value is -2.13. The molecule has 0 amide bonds. The highest BCUT2D eigenvalue weighted by Gasteiger charge is 2.09. The number of rotatable bonds is 7. The van der Waals surface area contributed by atoms with Crippen LogP contribution in [-0.4, -0.2) is 31.9 Å². The molecule has 2 rings (SSSR count). The topological polar surface area (TPSA) is 104 Å². The van der Waals surface area contributed by atoms with E-state index in [4.69, 9.17) is 14.0 Å². The summed E-state index contributed by atoms with van der Waals surface area (Å²) in [6.45, 7) is 0.0725. The van der Waals surface area contributed by atoms with Crippen molar-refractivity contribution in [2.45, 2.75) is 13.2 Å². The molecule has 0 aliphatic carbocycles. The molecule has 1 heterocycles. The van der Waals surface area contributed by atoms with Gasteiger partial charge in [-0.25, -0.2) is 13.1 Å². The first-order valence-electron chi connectivity index (χ1n) is 5.99. The first kappa shape index (κ1) is 15.3. The molecule has 0 bridgehead atoms. The lowest BCUT2D eigenvalue weighted by molar-refractivity contribution is 0.284. The third-order valence-electron chi connectivity index (χ3n) is 2.42. The number of nitrogens with one attached hydrogen (secondary N) is 1. The predicted molar refractivity (Wildman–Crippen MR) is 73.3 cm³/mol. The lowest BCUT2D eigenvalue weighted by Gasteiger charge is -2.04. The van der Waals surface area contributed by atoms with Crippen LogP contribution in [0.15, 0.2) is 28.8 Å². The summed E-state index contributed by atoms with van der Waals surface area (Å²) >= 11 is 0. The Morgan fingerprint density at radius 1 is 1.24 bits per heavy atom. The van der Waals surface area contributed by atoms with Crippen molar-refractivity contribution in [3.63, 3.8) is 0 Å². The van der Waals surface area contributed by atoms with Gasteiger partial charge >= 0.3 is 0 Å². The van der Waals surface area contributed by atoms with Gasteiger partial charge in [0.1, 0.15) is 11.5 Å². The Bertz CT molecular complexity index is 681. The maximum absolute atomic E-state index is 10.9. The summed E-state index contributed by atoms with van der Waals surface area (Å²) in [6, 6.07) is 7.05. The largest absolute Gasteiger partial charge is 0.497 e. The SMILES string of the molecule is COc1ccc(OCc2noc(CNS(C)(=O)=O)n2)cc1. The molecular weight excluding hydrogens is 298 g/mol. The van der Waals surface area contributed by atoms with Gasteiger partial charge in [-0.2, -0.15) is 4.98 Å². The molecular formula is C12H15N3O5S. The molecule has 8 nitrogen and oxygen atoms in total. The van der Waals surface area contributed by atoms with Crippen molar-refractivity contribution in [2.75, 3.05) is 13.4 Å². The van der Waals surface area contributed by atoms with Crippen LogP contribution in [0.5, 0.6) is 11.5 Å². The zero-order valence-corrected chi connectivity index (χ0v) is 12.4. The first-order chi connectivity index (χ1) is 9.96. The van der Waals surface area contributed by atoms with Gasteiger partial charge in [-0.1, -0.05) is 5.16 Å². The predicted octanol–water partition coefficient (Wildman–Crippen LogP) is 0.706. The highest BCUT2D eigenvalue weighted by molar-refractivity contribution is 7.88. The van der Waals surface area contributed by atoms with Crippen LogP contribution in [0.3, 0.4) is 0 Å². The van der Waals surface area contributed by atoms with Gasteiger partial charge in [-0.15, -0.1) is 0 Å². The maximum atomic E-state index is 10.9. The number of benzene rings is 1. The van der Waals surface area contributed by atoms with Gasteiger partial charge in [0.2, 0.25) is 21.7 Å². The molecule has 0 saturated heterocycles. The summed E-state index contributed by atoms with van der Waals surface area (Å²) in [6.07, 6.45) is 1.05. The van der Waals surface area contributed by atoms with E-state index in [0.717, 1.165) is 12.0 Å². The summed E-state index contributed by atoms with van der Waals surface area (Å²) < 4.78 is 39.5. The Morgan fingerprint density at radius 3 is 2.52 bits per heavy atom. The monoisotopic (exact) mass is 313 g/mol. The Labute approximate surface area is 122 Å². The fourth-order valence-electron chi connectivity index (χ4n) is 1.43. The Balaban J connectivity index is 1.87. The van der Waals surface area contributed by atoms with Crippen molar-refractivity contribution in [1.82, 2.24) is 14.9 Å². The average Bonchev–Trinajstić information content (AvgIpc) is 2.91. The van der Waals surface area contributed by atoms with E-state index in [2.05, 4.69) is 14.9 Å². The minimum atomic E-state index is -3.30. The van der Waals surface area contributed by atoms with Gasteiger partial charge in [0, 0.05) is 0 Å². The number of methoxy groups -OCH3 is 1. The van der Waals surface area contributed by atoms with Crippen LogP contribution >= 0.6 is 0 Å². The van der Waals surface area contributed by atoms with Crippen molar-refractivity contribution in [3.8, 4) is 11.5 Å². The van der Waals surface area contributed by atoms with Crippen LogP contribution in [0.4, 0.5) is 0 Å². The third kappa shape index (κ3) is 5.04. The van der Waals surface area contributed by atoms with E-state index >= 15 is 0 Å². The van der Waals surface area contributed by atoms with Gasteiger partial charge in [0.15, 0.2) is 6.61 Å². The number of hydrogen-bond donors (Lipinski definition) is 1. The second kappa shape index (κ2) is 6.55. The first-order valence-corrected chi connectivity index (χ1v) is 7.88. The molecule has 0 aliphatic rings. The summed E-state index contributed by atoms with van der Waals surface area (Å²) in [5.74, 6) is 1.87. The fourth-order valence-corrected chi connectivity index (χ4v) is 1.82.